The first-order valence-corrected chi connectivity index (χ1v) is 11.8. The van der Waals surface area contributed by atoms with Crippen LogP contribution in [0.2, 0.25) is 0 Å². The molecule has 2 amide bonds. The fourth-order valence-electron chi connectivity index (χ4n) is 7.56. The zero-order valence-corrected chi connectivity index (χ0v) is 19.1. The van der Waals surface area contributed by atoms with Crippen LogP contribution in [0.5, 0.6) is 5.75 Å². The number of hydrogen-bond acceptors (Lipinski definition) is 3. The van der Waals surface area contributed by atoms with Gasteiger partial charge < -0.3 is 19.9 Å². The standard InChI is InChI=1S/C26H29N3O3/c1-23(2)10-8-15-17(32-23)7-6-14-16-12-26-18(24(3,4)20(16)27-19(14)15)13-25(21(30)28-26)9-5-11-29(25)22(26)31/h6-8,10,18,27H,5,9,11-13H2,1-4H3,(H,28,30)/t18?,25-,26?/m1/s1. The lowest BCUT2D eigenvalue weighted by Crippen LogP contribution is -2.84. The summed E-state index contributed by atoms with van der Waals surface area (Å²) in [5.41, 5.74) is 2.38. The van der Waals surface area contributed by atoms with Gasteiger partial charge in [-0.3, -0.25) is 9.59 Å². The van der Waals surface area contributed by atoms with Crippen molar-refractivity contribution >= 4 is 28.8 Å². The lowest BCUT2D eigenvalue weighted by atomic mass is 9.51. The number of ether oxygens (including phenoxy) is 1. The van der Waals surface area contributed by atoms with Crippen LogP contribution >= 0.6 is 0 Å². The molecule has 166 valence electrons. The lowest BCUT2D eigenvalue weighted by Gasteiger charge is -2.64. The van der Waals surface area contributed by atoms with Gasteiger partial charge in [-0.1, -0.05) is 13.8 Å². The minimum absolute atomic E-state index is 0.0564. The van der Waals surface area contributed by atoms with Crippen LogP contribution in [0, 0.1) is 5.92 Å². The van der Waals surface area contributed by atoms with E-state index < -0.39 is 11.1 Å². The van der Waals surface area contributed by atoms with Crippen LogP contribution in [0.25, 0.3) is 17.0 Å². The van der Waals surface area contributed by atoms with E-state index in [-0.39, 0.29) is 28.7 Å². The van der Waals surface area contributed by atoms with E-state index in [2.05, 4.69) is 56.2 Å². The average molecular weight is 432 g/mol. The maximum absolute atomic E-state index is 13.9. The second-order valence-electron chi connectivity index (χ2n) is 11.6. The Labute approximate surface area is 187 Å². The smallest absolute Gasteiger partial charge is 0.249 e. The molecule has 6 aliphatic rings. The third kappa shape index (κ3) is 1.90. The highest BCUT2D eigenvalue weighted by Gasteiger charge is 2.72. The van der Waals surface area contributed by atoms with Gasteiger partial charge in [0.15, 0.2) is 0 Å². The van der Waals surface area contributed by atoms with E-state index in [4.69, 9.17) is 4.74 Å². The molecule has 2 spiro atoms. The summed E-state index contributed by atoms with van der Waals surface area (Å²) >= 11 is 0. The number of carbonyl (C=O) groups is 2. The quantitative estimate of drug-likeness (QED) is 0.671. The van der Waals surface area contributed by atoms with E-state index in [9.17, 15) is 9.59 Å². The molecule has 0 radical (unpaired) electrons. The number of aromatic amines is 1. The zero-order chi connectivity index (χ0) is 22.3. The van der Waals surface area contributed by atoms with Crippen molar-refractivity contribution in [1.29, 1.82) is 0 Å². The number of nitrogens with zero attached hydrogens (tertiary/aromatic N) is 1. The highest BCUT2D eigenvalue weighted by atomic mass is 16.5. The van der Waals surface area contributed by atoms with Crippen molar-refractivity contribution in [1.82, 2.24) is 15.2 Å². The number of H-pyrrole nitrogens is 1. The summed E-state index contributed by atoms with van der Waals surface area (Å²) in [7, 11) is 0. The van der Waals surface area contributed by atoms with Crippen LogP contribution in [-0.2, 0) is 21.4 Å². The topological polar surface area (TPSA) is 74.4 Å². The zero-order valence-electron chi connectivity index (χ0n) is 19.1. The van der Waals surface area contributed by atoms with Crippen molar-refractivity contribution in [2.45, 2.75) is 75.5 Å². The van der Waals surface area contributed by atoms with E-state index in [1.807, 2.05) is 11.0 Å². The van der Waals surface area contributed by atoms with E-state index >= 15 is 0 Å². The van der Waals surface area contributed by atoms with Crippen molar-refractivity contribution in [2.75, 3.05) is 6.54 Å². The molecule has 6 heteroatoms. The minimum atomic E-state index is -0.848. The predicted molar refractivity (Wildman–Crippen MR) is 121 cm³/mol. The van der Waals surface area contributed by atoms with Gasteiger partial charge in [-0.05, 0) is 63.0 Å². The van der Waals surface area contributed by atoms with Gasteiger partial charge in [-0.2, -0.15) is 0 Å². The third-order valence-corrected chi connectivity index (χ3v) is 9.09. The monoisotopic (exact) mass is 431 g/mol. The highest BCUT2D eigenvalue weighted by molar-refractivity contribution is 6.06. The maximum Gasteiger partial charge on any atom is 0.249 e. The summed E-state index contributed by atoms with van der Waals surface area (Å²) in [6.07, 6.45) is 7.22. The minimum Gasteiger partial charge on any atom is -0.483 e. The molecule has 1 aliphatic carbocycles. The molecule has 6 heterocycles. The number of hydrogen-bond donors (Lipinski definition) is 2. The number of amides is 2. The molecule has 4 saturated heterocycles. The Kier molecular flexibility index (Phi) is 3.07. The number of fused-ring (bicyclic) bond motifs is 6. The fraction of sp³-hybridized carbons (Fsp3) is 0.538. The molecule has 2 bridgehead atoms. The van der Waals surface area contributed by atoms with Crippen molar-refractivity contribution in [3.8, 4) is 5.75 Å². The summed E-state index contributed by atoms with van der Waals surface area (Å²) < 4.78 is 6.21. The Morgan fingerprint density at radius 1 is 1.16 bits per heavy atom. The Morgan fingerprint density at radius 2 is 1.97 bits per heavy atom. The van der Waals surface area contributed by atoms with E-state index in [0.717, 1.165) is 47.0 Å². The normalized spacial score (nSPS) is 35.1. The van der Waals surface area contributed by atoms with E-state index in [0.29, 0.717) is 13.0 Å². The molecule has 3 atom stereocenters. The molecule has 0 saturated carbocycles. The lowest BCUT2D eigenvalue weighted by molar-refractivity contribution is -0.179. The van der Waals surface area contributed by atoms with E-state index in [1.54, 1.807) is 0 Å². The first kappa shape index (κ1) is 18.8. The molecule has 32 heavy (non-hydrogen) atoms. The van der Waals surface area contributed by atoms with Crippen LogP contribution < -0.4 is 10.1 Å². The van der Waals surface area contributed by atoms with Gasteiger partial charge in [-0.15, -0.1) is 0 Å². The van der Waals surface area contributed by atoms with Gasteiger partial charge in [-0.25, -0.2) is 0 Å². The van der Waals surface area contributed by atoms with Gasteiger partial charge in [0.05, 0.1) is 5.52 Å². The molecular formula is C26H29N3O3. The molecule has 1 aromatic heterocycles. The number of aromatic nitrogens is 1. The molecule has 6 nitrogen and oxygen atoms in total. The molecule has 5 aliphatic heterocycles. The predicted octanol–water partition coefficient (Wildman–Crippen LogP) is 3.44. The van der Waals surface area contributed by atoms with Crippen LogP contribution in [0.1, 0.15) is 63.8 Å². The fourth-order valence-corrected chi connectivity index (χ4v) is 7.56. The molecule has 2 unspecified atom stereocenters. The Balaban J connectivity index is 1.46. The number of rotatable bonds is 0. The Morgan fingerprint density at radius 3 is 2.78 bits per heavy atom. The molecule has 4 fully saturated rings. The van der Waals surface area contributed by atoms with Crippen molar-refractivity contribution < 1.29 is 14.3 Å². The first-order valence-electron chi connectivity index (χ1n) is 11.8. The Hall–Kier alpha value is -2.76. The highest BCUT2D eigenvalue weighted by Crippen LogP contribution is 2.59. The summed E-state index contributed by atoms with van der Waals surface area (Å²) in [5, 5.41) is 4.41. The van der Waals surface area contributed by atoms with Crippen molar-refractivity contribution in [2.24, 2.45) is 5.92 Å². The largest absolute Gasteiger partial charge is 0.483 e. The first-order chi connectivity index (χ1) is 15.1. The number of nitrogens with one attached hydrogen (secondary N) is 2. The molecule has 2 aromatic rings. The number of piperazine rings is 1. The van der Waals surface area contributed by atoms with Crippen molar-refractivity contribution in [3.63, 3.8) is 0 Å². The van der Waals surface area contributed by atoms with Crippen molar-refractivity contribution in [3.05, 3.63) is 35.0 Å². The molecular weight excluding hydrogens is 402 g/mol. The van der Waals surface area contributed by atoms with Gasteiger partial charge in [0.1, 0.15) is 22.4 Å². The number of carbonyl (C=O) groups excluding carboxylic acids is 2. The second kappa shape index (κ2) is 5.24. The molecule has 1 aromatic carbocycles. The van der Waals surface area contributed by atoms with Gasteiger partial charge in [0.2, 0.25) is 11.8 Å². The summed E-state index contributed by atoms with van der Waals surface area (Å²) in [6.45, 7) is 9.29. The van der Waals surface area contributed by atoms with Crippen LogP contribution in [0.4, 0.5) is 0 Å². The SMILES string of the molecule is CC1(C)C=Cc2c(ccc3c4c([nH]c23)C(C)(C)C2C[C@@]35CCCN3C(=O)C2(C4)NC5=O)O1. The summed E-state index contributed by atoms with van der Waals surface area (Å²) in [6, 6.07) is 4.16. The van der Waals surface area contributed by atoms with Crippen LogP contribution in [-0.4, -0.2) is 44.9 Å². The van der Waals surface area contributed by atoms with Crippen LogP contribution in [0.15, 0.2) is 18.2 Å². The van der Waals surface area contributed by atoms with Gasteiger partial charge in [0, 0.05) is 40.9 Å². The molecule has 2 N–H and O–H groups in total. The van der Waals surface area contributed by atoms with Gasteiger partial charge in [0.25, 0.3) is 0 Å². The van der Waals surface area contributed by atoms with Crippen LogP contribution in [0.3, 0.4) is 0 Å². The second-order valence-corrected chi connectivity index (χ2v) is 11.6. The molecule has 8 rings (SSSR count). The number of piperidine rings is 2. The van der Waals surface area contributed by atoms with Gasteiger partial charge >= 0.3 is 0 Å². The summed E-state index contributed by atoms with van der Waals surface area (Å²) in [5.74, 6) is 1.13. The Bertz CT molecular complexity index is 1280. The summed E-state index contributed by atoms with van der Waals surface area (Å²) in [4.78, 5) is 32.9. The maximum atomic E-state index is 13.9. The third-order valence-electron chi connectivity index (χ3n) is 9.09. The number of benzene rings is 1. The van der Waals surface area contributed by atoms with E-state index in [1.165, 1.54) is 5.69 Å². The average Bonchev–Trinajstić information content (AvgIpc) is 3.32.